The van der Waals surface area contributed by atoms with Crippen molar-refractivity contribution < 1.29 is 24.2 Å². The van der Waals surface area contributed by atoms with E-state index in [1.54, 1.807) is 24.0 Å². The van der Waals surface area contributed by atoms with Gasteiger partial charge in [0.25, 0.3) is 0 Å². The lowest BCUT2D eigenvalue weighted by Crippen LogP contribution is -2.50. The van der Waals surface area contributed by atoms with Crippen molar-refractivity contribution in [3.63, 3.8) is 0 Å². The summed E-state index contributed by atoms with van der Waals surface area (Å²) in [7, 11) is 0. The highest BCUT2D eigenvalue weighted by Crippen LogP contribution is 2.43. The molecule has 3 aromatic rings. The van der Waals surface area contributed by atoms with Crippen LogP contribution in [0.5, 0.6) is 11.5 Å². The maximum Gasteiger partial charge on any atom is 0.321 e. The number of nitrogens with zero attached hydrogens (tertiary/aromatic N) is 3. The molecule has 1 N–H and O–H groups in total. The zero-order valence-corrected chi connectivity index (χ0v) is 19.9. The number of ether oxygens (including phenoxy) is 2. The number of amides is 1. The molecular formula is C26H31N3O5. The summed E-state index contributed by atoms with van der Waals surface area (Å²) >= 11 is 0. The van der Waals surface area contributed by atoms with Crippen LogP contribution in [-0.2, 0) is 14.3 Å². The van der Waals surface area contributed by atoms with Crippen LogP contribution in [0.1, 0.15) is 51.6 Å². The molecule has 8 heteroatoms. The second-order valence-corrected chi connectivity index (χ2v) is 8.30. The van der Waals surface area contributed by atoms with Gasteiger partial charge in [-0.15, -0.1) is 0 Å². The summed E-state index contributed by atoms with van der Waals surface area (Å²) in [5.74, 6) is -1.19. The number of aromatic nitrogens is 2. The number of phenolic OH excluding ortho intramolecular Hbond substituents is 1. The Balaban J connectivity index is 1.94. The number of rotatable bonds is 9. The van der Waals surface area contributed by atoms with E-state index in [4.69, 9.17) is 14.5 Å². The molecule has 0 spiro atoms. The number of imidazole rings is 1. The van der Waals surface area contributed by atoms with Crippen molar-refractivity contribution in [1.82, 2.24) is 9.55 Å². The molecule has 0 radical (unpaired) electrons. The third-order valence-corrected chi connectivity index (χ3v) is 6.10. The molecule has 2 unspecified atom stereocenters. The molecule has 1 amide bonds. The van der Waals surface area contributed by atoms with Gasteiger partial charge < -0.3 is 19.1 Å². The van der Waals surface area contributed by atoms with Crippen LogP contribution < -0.4 is 9.64 Å². The Morgan fingerprint density at radius 1 is 1.09 bits per heavy atom. The molecule has 2 atom stereocenters. The number of hydrogen-bond donors (Lipinski definition) is 1. The minimum atomic E-state index is -1.09. The summed E-state index contributed by atoms with van der Waals surface area (Å²) in [6, 6.07) is 11.9. The first-order valence-corrected chi connectivity index (χ1v) is 11.9. The maximum absolute atomic E-state index is 13.8. The van der Waals surface area contributed by atoms with Crippen molar-refractivity contribution in [3.05, 3.63) is 48.0 Å². The standard InChI is InChI=1S/C26H31N3O5/c1-4-7-10-15-28-24(31)22(25(32)34-6-3)23(17-13-14-20(30)21(16-17)33-5-2)29-19-12-9-8-11-18(19)27-26(28)29/h8-9,11-14,16,22-23,30H,4-7,10,15H2,1-3H3. The topological polar surface area (TPSA) is 93.9 Å². The van der Waals surface area contributed by atoms with Crippen molar-refractivity contribution in [2.24, 2.45) is 5.92 Å². The van der Waals surface area contributed by atoms with E-state index in [-0.39, 0.29) is 18.3 Å². The van der Waals surface area contributed by atoms with Gasteiger partial charge >= 0.3 is 5.97 Å². The summed E-state index contributed by atoms with van der Waals surface area (Å²) in [6.45, 7) is 6.66. The van der Waals surface area contributed by atoms with Crippen LogP contribution in [0, 0.1) is 5.92 Å². The van der Waals surface area contributed by atoms with Crippen molar-refractivity contribution >= 4 is 28.9 Å². The highest BCUT2D eigenvalue weighted by atomic mass is 16.5. The van der Waals surface area contributed by atoms with Crippen molar-refractivity contribution in [2.45, 2.75) is 46.1 Å². The van der Waals surface area contributed by atoms with E-state index in [0.717, 1.165) is 30.3 Å². The quantitative estimate of drug-likeness (QED) is 0.285. The van der Waals surface area contributed by atoms with Crippen LogP contribution in [0.4, 0.5) is 5.95 Å². The maximum atomic E-state index is 13.8. The number of carbonyl (C=O) groups is 2. The predicted molar refractivity (Wildman–Crippen MR) is 129 cm³/mol. The average molecular weight is 466 g/mol. The van der Waals surface area contributed by atoms with Crippen LogP contribution in [0.25, 0.3) is 11.0 Å². The van der Waals surface area contributed by atoms with E-state index in [1.807, 2.05) is 35.8 Å². The van der Waals surface area contributed by atoms with Crippen LogP contribution in [0.15, 0.2) is 42.5 Å². The Morgan fingerprint density at radius 3 is 2.62 bits per heavy atom. The number of aromatic hydroxyl groups is 1. The number of fused-ring (bicyclic) bond motifs is 3. The van der Waals surface area contributed by atoms with E-state index in [2.05, 4.69) is 6.92 Å². The Morgan fingerprint density at radius 2 is 1.88 bits per heavy atom. The van der Waals surface area contributed by atoms with Gasteiger partial charge in [0.15, 0.2) is 17.4 Å². The Bertz CT molecular complexity index is 1190. The SMILES string of the molecule is CCCCCN1C(=O)C(C(=O)OCC)C(c2ccc(O)c(OCC)c2)n2c1nc1ccccc12. The highest BCUT2D eigenvalue weighted by molar-refractivity contribution is 6.08. The first kappa shape index (κ1) is 23.6. The summed E-state index contributed by atoms with van der Waals surface area (Å²) in [5, 5.41) is 10.3. The molecule has 0 aliphatic carbocycles. The molecule has 1 aliphatic heterocycles. The number of esters is 1. The summed E-state index contributed by atoms with van der Waals surface area (Å²) < 4.78 is 12.9. The van der Waals surface area contributed by atoms with Crippen molar-refractivity contribution in [2.75, 3.05) is 24.7 Å². The molecule has 2 heterocycles. The van der Waals surface area contributed by atoms with Gasteiger partial charge in [-0.05, 0) is 50.1 Å². The fraction of sp³-hybridized carbons (Fsp3) is 0.423. The van der Waals surface area contributed by atoms with E-state index < -0.39 is 17.9 Å². The fourth-order valence-electron chi connectivity index (χ4n) is 4.57. The zero-order valence-electron chi connectivity index (χ0n) is 19.9. The normalized spacial score (nSPS) is 17.6. The van der Waals surface area contributed by atoms with E-state index >= 15 is 0 Å². The number of carbonyl (C=O) groups excluding carboxylic acids is 2. The van der Waals surface area contributed by atoms with Crippen molar-refractivity contribution in [3.8, 4) is 11.5 Å². The van der Waals surface area contributed by atoms with Gasteiger partial charge in [-0.2, -0.15) is 0 Å². The molecular weight excluding hydrogens is 434 g/mol. The number of anilines is 1. The molecule has 8 nitrogen and oxygen atoms in total. The van der Waals surface area contributed by atoms with Crippen LogP contribution in [-0.4, -0.2) is 46.3 Å². The van der Waals surface area contributed by atoms with Gasteiger partial charge in [0.05, 0.1) is 30.3 Å². The minimum absolute atomic E-state index is 0.00248. The lowest BCUT2D eigenvalue weighted by Gasteiger charge is -2.38. The highest BCUT2D eigenvalue weighted by Gasteiger charge is 2.47. The van der Waals surface area contributed by atoms with E-state index in [9.17, 15) is 14.7 Å². The molecule has 0 fully saturated rings. The molecule has 4 rings (SSSR count). The second-order valence-electron chi connectivity index (χ2n) is 8.30. The third kappa shape index (κ3) is 4.20. The Labute approximate surface area is 199 Å². The summed E-state index contributed by atoms with van der Waals surface area (Å²) in [5.41, 5.74) is 2.21. The first-order chi connectivity index (χ1) is 16.5. The van der Waals surface area contributed by atoms with Crippen molar-refractivity contribution in [1.29, 1.82) is 0 Å². The van der Waals surface area contributed by atoms with E-state index in [1.165, 1.54) is 6.07 Å². The lowest BCUT2D eigenvalue weighted by atomic mass is 9.89. The van der Waals surface area contributed by atoms with Gasteiger partial charge in [-0.3, -0.25) is 14.5 Å². The Hall–Kier alpha value is -3.55. The number of phenols is 1. The van der Waals surface area contributed by atoms with Crippen LogP contribution >= 0.6 is 0 Å². The zero-order chi connectivity index (χ0) is 24.2. The van der Waals surface area contributed by atoms with Gasteiger partial charge in [0, 0.05) is 6.54 Å². The average Bonchev–Trinajstić information content (AvgIpc) is 3.21. The molecule has 0 bridgehead atoms. The Kier molecular flexibility index (Phi) is 7.05. The number of unbranched alkanes of at least 4 members (excludes halogenated alkanes) is 2. The van der Waals surface area contributed by atoms with Gasteiger partial charge in [-0.1, -0.05) is 38.0 Å². The summed E-state index contributed by atoms with van der Waals surface area (Å²) in [4.78, 5) is 33.5. The monoisotopic (exact) mass is 465 g/mol. The molecule has 1 aromatic heterocycles. The van der Waals surface area contributed by atoms with Gasteiger partial charge in [0.2, 0.25) is 11.9 Å². The number of para-hydroxylation sites is 2. The summed E-state index contributed by atoms with van der Waals surface area (Å²) in [6.07, 6.45) is 2.78. The third-order valence-electron chi connectivity index (χ3n) is 6.10. The lowest BCUT2D eigenvalue weighted by molar-refractivity contribution is -0.153. The smallest absolute Gasteiger partial charge is 0.321 e. The second kappa shape index (κ2) is 10.2. The van der Waals surface area contributed by atoms with Gasteiger partial charge in [-0.25, -0.2) is 4.98 Å². The largest absolute Gasteiger partial charge is 0.504 e. The van der Waals surface area contributed by atoms with E-state index in [0.29, 0.717) is 30.4 Å². The number of benzene rings is 2. The molecule has 0 saturated carbocycles. The molecule has 180 valence electrons. The molecule has 34 heavy (non-hydrogen) atoms. The molecule has 1 aliphatic rings. The number of hydrogen-bond acceptors (Lipinski definition) is 6. The first-order valence-electron chi connectivity index (χ1n) is 11.9. The predicted octanol–water partition coefficient (Wildman–Crippen LogP) is 4.45. The minimum Gasteiger partial charge on any atom is -0.504 e. The molecule has 2 aromatic carbocycles. The van der Waals surface area contributed by atoms with Crippen LogP contribution in [0.2, 0.25) is 0 Å². The van der Waals surface area contributed by atoms with Gasteiger partial charge in [0.1, 0.15) is 0 Å². The molecule has 0 saturated heterocycles. The van der Waals surface area contributed by atoms with Crippen LogP contribution in [0.3, 0.4) is 0 Å². The fourth-order valence-corrected chi connectivity index (χ4v) is 4.57.